The number of amides is 1. The molecule has 5 rings (SSSR count). The van der Waals surface area contributed by atoms with Gasteiger partial charge in [-0.2, -0.15) is 0 Å². The lowest BCUT2D eigenvalue weighted by atomic mass is 9.49. The first-order valence-electron chi connectivity index (χ1n) is 8.94. The first-order valence-corrected chi connectivity index (χ1v) is 8.94. The van der Waals surface area contributed by atoms with E-state index >= 15 is 0 Å². The number of ketones is 1. The number of nitrogens with zero attached hydrogens (tertiary/aromatic N) is 1. The van der Waals surface area contributed by atoms with Crippen LogP contribution in [-0.2, 0) is 21.4 Å². The summed E-state index contributed by atoms with van der Waals surface area (Å²) in [5.41, 5.74) is 0.787. The second kappa shape index (κ2) is 4.81. The van der Waals surface area contributed by atoms with Crippen LogP contribution in [0, 0.1) is 5.92 Å². The van der Waals surface area contributed by atoms with Gasteiger partial charge in [-0.3, -0.25) is 4.79 Å². The Balaban J connectivity index is 1.79. The van der Waals surface area contributed by atoms with E-state index in [1.54, 1.807) is 13.2 Å². The average molecular weight is 355 g/mol. The third kappa shape index (κ3) is 1.50. The van der Waals surface area contributed by atoms with Gasteiger partial charge in [-0.1, -0.05) is 12.1 Å². The number of piperidine rings is 1. The van der Waals surface area contributed by atoms with Gasteiger partial charge < -0.3 is 19.1 Å². The van der Waals surface area contributed by atoms with Crippen molar-refractivity contribution in [2.75, 3.05) is 20.8 Å². The van der Waals surface area contributed by atoms with E-state index in [0.29, 0.717) is 30.9 Å². The fourth-order valence-electron chi connectivity index (χ4n) is 5.78. The maximum atomic E-state index is 13.0. The molecule has 2 aliphatic heterocycles. The predicted molar refractivity (Wildman–Crippen MR) is 92.6 cm³/mol. The summed E-state index contributed by atoms with van der Waals surface area (Å²) in [5, 5.41) is 0. The van der Waals surface area contributed by atoms with Gasteiger partial charge in [-0.05, 0) is 37.5 Å². The zero-order valence-electron chi connectivity index (χ0n) is 15.1. The minimum Gasteiger partial charge on any atom is -0.493 e. The Labute approximate surface area is 151 Å². The van der Waals surface area contributed by atoms with E-state index in [-0.39, 0.29) is 23.8 Å². The molecule has 1 saturated heterocycles. The Bertz CT molecular complexity index is 877. The first-order chi connectivity index (χ1) is 12.5. The zero-order valence-corrected chi connectivity index (χ0v) is 15.1. The number of hydrogen-bond donors (Lipinski definition) is 0. The van der Waals surface area contributed by atoms with Crippen molar-refractivity contribution in [2.45, 2.75) is 36.8 Å². The molecule has 0 aromatic heterocycles. The number of benzene rings is 1. The van der Waals surface area contributed by atoms with Crippen LogP contribution in [0.25, 0.3) is 0 Å². The van der Waals surface area contributed by atoms with Crippen LogP contribution in [0.5, 0.6) is 11.5 Å². The number of ether oxygens (including phenoxy) is 3. The summed E-state index contributed by atoms with van der Waals surface area (Å²) >= 11 is 0. The number of hydrogen-bond acceptors (Lipinski definition) is 5. The third-order valence-electron chi connectivity index (χ3n) is 6.93. The average Bonchev–Trinajstić information content (AvgIpc) is 2.91. The Hall–Kier alpha value is -2.50. The van der Waals surface area contributed by atoms with Gasteiger partial charge in [0.05, 0.1) is 19.6 Å². The summed E-state index contributed by atoms with van der Waals surface area (Å²) < 4.78 is 16.9. The summed E-state index contributed by atoms with van der Waals surface area (Å²) in [5.74, 6) is 1.35. The third-order valence-corrected chi connectivity index (χ3v) is 6.93. The lowest BCUT2D eigenvalue weighted by Crippen LogP contribution is -2.70. The second-order valence-electron chi connectivity index (χ2n) is 7.67. The van der Waals surface area contributed by atoms with Crippen LogP contribution in [-0.4, -0.2) is 49.2 Å². The number of likely N-dealkylation sites (tertiary alicyclic amines) is 1. The summed E-state index contributed by atoms with van der Waals surface area (Å²) in [4.78, 5) is 27.1. The van der Waals surface area contributed by atoms with Crippen molar-refractivity contribution >= 4 is 11.9 Å². The lowest BCUT2D eigenvalue weighted by Gasteiger charge is -2.58. The molecule has 0 radical (unpaired) electrons. The Morgan fingerprint density at radius 1 is 1.35 bits per heavy atom. The minimum absolute atomic E-state index is 0.0129. The maximum absolute atomic E-state index is 13.0. The molecule has 2 aliphatic carbocycles. The molecule has 6 nitrogen and oxygen atoms in total. The summed E-state index contributed by atoms with van der Waals surface area (Å²) in [6.45, 7) is 2.44. The predicted octanol–water partition coefficient (Wildman–Crippen LogP) is 2.24. The quantitative estimate of drug-likeness (QED) is 0.773. The van der Waals surface area contributed by atoms with Crippen LogP contribution in [0.1, 0.15) is 24.5 Å². The molecule has 0 saturated carbocycles. The van der Waals surface area contributed by atoms with E-state index in [2.05, 4.69) is 0 Å². The Morgan fingerprint density at radius 3 is 2.88 bits per heavy atom. The maximum Gasteiger partial charge on any atom is 0.409 e. The van der Waals surface area contributed by atoms with Crippen molar-refractivity contribution in [1.82, 2.24) is 4.90 Å². The van der Waals surface area contributed by atoms with Gasteiger partial charge in [0.25, 0.3) is 0 Å². The molecule has 1 aromatic carbocycles. The molecule has 136 valence electrons. The topological polar surface area (TPSA) is 65.1 Å². The summed E-state index contributed by atoms with van der Waals surface area (Å²) in [6, 6.07) is 3.89. The highest BCUT2D eigenvalue weighted by Gasteiger charge is 2.71. The minimum atomic E-state index is -0.973. The summed E-state index contributed by atoms with van der Waals surface area (Å²) in [7, 11) is 3.03. The lowest BCUT2D eigenvalue weighted by molar-refractivity contribution is -0.139. The molecular formula is C20H21NO5. The van der Waals surface area contributed by atoms with Crippen molar-refractivity contribution in [3.05, 3.63) is 35.4 Å². The Kier molecular flexibility index (Phi) is 2.91. The molecule has 4 aliphatic rings. The molecule has 1 amide bonds. The van der Waals surface area contributed by atoms with Crippen molar-refractivity contribution in [3.63, 3.8) is 0 Å². The number of rotatable bonds is 1. The van der Waals surface area contributed by atoms with Crippen LogP contribution in [0.2, 0.25) is 0 Å². The molecule has 2 bridgehead atoms. The van der Waals surface area contributed by atoms with Gasteiger partial charge in [0, 0.05) is 24.1 Å². The second-order valence-corrected chi connectivity index (χ2v) is 7.67. The monoisotopic (exact) mass is 355 g/mol. The van der Waals surface area contributed by atoms with E-state index < -0.39 is 11.0 Å². The first kappa shape index (κ1) is 15.7. The van der Waals surface area contributed by atoms with Crippen molar-refractivity contribution in [2.24, 2.45) is 5.92 Å². The van der Waals surface area contributed by atoms with Crippen molar-refractivity contribution < 1.29 is 23.8 Å². The van der Waals surface area contributed by atoms with Crippen LogP contribution in [0.3, 0.4) is 0 Å². The van der Waals surface area contributed by atoms with Crippen molar-refractivity contribution in [3.8, 4) is 11.5 Å². The fraction of sp³-hybridized carbons (Fsp3) is 0.500. The number of carbonyl (C=O) groups excluding carboxylic acids is 2. The number of methoxy groups -OCH3 is 2. The van der Waals surface area contributed by atoms with Crippen LogP contribution in [0.15, 0.2) is 24.3 Å². The van der Waals surface area contributed by atoms with Crippen LogP contribution in [0.4, 0.5) is 4.79 Å². The summed E-state index contributed by atoms with van der Waals surface area (Å²) in [6.07, 6.45) is 4.66. The van der Waals surface area contributed by atoms with E-state index in [9.17, 15) is 9.59 Å². The highest BCUT2D eigenvalue weighted by atomic mass is 16.5. The van der Waals surface area contributed by atoms with Gasteiger partial charge in [-0.15, -0.1) is 0 Å². The largest absolute Gasteiger partial charge is 0.493 e. The molecule has 1 aromatic rings. The van der Waals surface area contributed by atoms with E-state index in [4.69, 9.17) is 14.2 Å². The fourth-order valence-corrected chi connectivity index (χ4v) is 5.78. The smallest absolute Gasteiger partial charge is 0.409 e. The molecule has 2 heterocycles. The molecule has 1 spiro atoms. The van der Waals surface area contributed by atoms with Crippen LogP contribution >= 0.6 is 0 Å². The van der Waals surface area contributed by atoms with Gasteiger partial charge in [0.2, 0.25) is 0 Å². The molecule has 1 fully saturated rings. The zero-order chi connectivity index (χ0) is 18.3. The van der Waals surface area contributed by atoms with E-state index in [1.807, 2.05) is 30.0 Å². The van der Waals surface area contributed by atoms with Gasteiger partial charge in [-0.25, -0.2) is 4.79 Å². The number of carbonyl (C=O) groups is 2. The normalized spacial score (nSPS) is 35.7. The molecular weight excluding hydrogens is 334 g/mol. The molecule has 6 heteroatoms. The van der Waals surface area contributed by atoms with Crippen LogP contribution < -0.4 is 9.47 Å². The molecule has 0 N–H and O–H groups in total. The Morgan fingerprint density at radius 2 is 2.15 bits per heavy atom. The molecule has 4 atom stereocenters. The SMILES string of the molecule is COC(=O)N1CC[C@]23c4c5ccc(OC)c4O[C@@]2(C)C(=O)C=C[C@H]3[C@H]1C5. The van der Waals surface area contributed by atoms with E-state index in [1.165, 1.54) is 7.11 Å². The standard InChI is InChI=1S/C20H21NO5/c1-19-15(22)7-5-12-13-10-11-4-6-14(24-2)17(26-19)16(11)20(12,19)8-9-21(13)18(23)25-3/h4-7,12-13H,8-10H2,1-3H3/t12-,13+,19-,20-/m0/s1. The molecule has 0 unspecified atom stereocenters. The van der Waals surface area contributed by atoms with Crippen molar-refractivity contribution in [1.29, 1.82) is 0 Å². The van der Waals surface area contributed by atoms with Gasteiger partial charge in [0.15, 0.2) is 22.9 Å². The molecule has 26 heavy (non-hydrogen) atoms. The van der Waals surface area contributed by atoms with Gasteiger partial charge in [0.1, 0.15) is 0 Å². The van der Waals surface area contributed by atoms with E-state index in [0.717, 1.165) is 11.1 Å². The highest BCUT2D eigenvalue weighted by molar-refractivity contribution is 6.01. The highest BCUT2D eigenvalue weighted by Crippen LogP contribution is 2.65. The van der Waals surface area contributed by atoms with Gasteiger partial charge >= 0.3 is 6.09 Å².